The van der Waals surface area contributed by atoms with Crippen LogP contribution < -0.4 is 4.90 Å². The van der Waals surface area contributed by atoms with Crippen molar-refractivity contribution in [1.29, 1.82) is 0 Å². The molecule has 9 heteroatoms. The number of aromatic nitrogens is 2. The van der Waals surface area contributed by atoms with E-state index in [0.29, 0.717) is 22.8 Å². The number of nitrogens with zero attached hydrogens (tertiary/aromatic N) is 5. The molecular formula is C24H33N5O3S. The molecular weight excluding hydrogens is 438 g/mol. The third-order valence-electron chi connectivity index (χ3n) is 6.74. The fourth-order valence-corrected chi connectivity index (χ4v) is 5.20. The normalized spacial score (nSPS) is 18.7. The minimum Gasteiger partial charge on any atom is -0.341 e. The summed E-state index contributed by atoms with van der Waals surface area (Å²) < 4.78 is 23.3. The van der Waals surface area contributed by atoms with Crippen molar-refractivity contribution in [2.24, 2.45) is 5.92 Å². The maximum atomic E-state index is 13.0. The maximum Gasteiger partial charge on any atom is 0.225 e. The summed E-state index contributed by atoms with van der Waals surface area (Å²) in [5.74, 6) is 1.05. The van der Waals surface area contributed by atoms with Crippen LogP contribution in [0.4, 0.5) is 5.95 Å². The highest BCUT2D eigenvalue weighted by molar-refractivity contribution is 7.90. The van der Waals surface area contributed by atoms with Gasteiger partial charge in [-0.2, -0.15) is 0 Å². The lowest BCUT2D eigenvalue weighted by atomic mass is 9.95. The van der Waals surface area contributed by atoms with Crippen LogP contribution in [0.2, 0.25) is 0 Å². The Morgan fingerprint density at radius 2 is 1.48 bits per heavy atom. The van der Waals surface area contributed by atoms with Crippen molar-refractivity contribution in [2.75, 3.05) is 50.4 Å². The number of piperidine rings is 1. The van der Waals surface area contributed by atoms with Gasteiger partial charge in [-0.15, -0.1) is 0 Å². The zero-order chi connectivity index (χ0) is 23.6. The molecule has 3 heterocycles. The van der Waals surface area contributed by atoms with E-state index in [-0.39, 0.29) is 5.92 Å². The van der Waals surface area contributed by atoms with E-state index in [9.17, 15) is 13.2 Å². The summed E-state index contributed by atoms with van der Waals surface area (Å²) in [6.07, 6.45) is 6.37. The fraction of sp³-hybridized carbons (Fsp3) is 0.542. The lowest BCUT2D eigenvalue weighted by molar-refractivity contribution is -0.138. The van der Waals surface area contributed by atoms with E-state index >= 15 is 0 Å². The monoisotopic (exact) mass is 471 g/mol. The first-order valence-corrected chi connectivity index (χ1v) is 13.5. The Balaban J connectivity index is 1.31. The lowest BCUT2D eigenvalue weighted by Gasteiger charge is -2.39. The van der Waals surface area contributed by atoms with Gasteiger partial charge < -0.3 is 9.80 Å². The predicted octanol–water partition coefficient (Wildman–Crippen LogP) is 2.32. The Labute approximate surface area is 196 Å². The number of piperazine rings is 1. The summed E-state index contributed by atoms with van der Waals surface area (Å²) in [7, 11) is -3.21. The molecule has 2 aliphatic rings. The molecule has 0 N–H and O–H groups in total. The Kier molecular flexibility index (Phi) is 6.99. The number of rotatable bonds is 5. The van der Waals surface area contributed by atoms with E-state index in [1.807, 2.05) is 4.90 Å². The number of anilines is 1. The molecule has 0 unspecified atom stereocenters. The standard InChI is InChI=1S/C24H33N5O3S/c1-18(2)27-12-14-28(15-13-27)23(30)20-8-10-29(11-9-20)24-25-16-21(17-26-24)19-4-6-22(7-5-19)33(3,31)32/h4-7,16-18,20H,8-15H2,1-3H3. The van der Waals surface area contributed by atoms with Crippen molar-refractivity contribution >= 4 is 21.7 Å². The number of sulfone groups is 1. The van der Waals surface area contributed by atoms with Gasteiger partial charge in [0.05, 0.1) is 4.90 Å². The zero-order valence-electron chi connectivity index (χ0n) is 19.6. The van der Waals surface area contributed by atoms with Crippen LogP contribution in [-0.4, -0.2) is 85.7 Å². The molecule has 2 aromatic rings. The number of hydrogen-bond donors (Lipinski definition) is 0. The van der Waals surface area contributed by atoms with Crippen LogP contribution in [0, 0.1) is 5.92 Å². The summed E-state index contributed by atoms with van der Waals surface area (Å²) in [6.45, 7) is 9.52. The number of carbonyl (C=O) groups is 1. The Hall–Kier alpha value is -2.52. The minimum absolute atomic E-state index is 0.0829. The van der Waals surface area contributed by atoms with E-state index in [2.05, 4.69) is 33.6 Å². The Morgan fingerprint density at radius 3 is 2.00 bits per heavy atom. The van der Waals surface area contributed by atoms with Crippen LogP contribution >= 0.6 is 0 Å². The summed E-state index contributed by atoms with van der Waals surface area (Å²) in [4.78, 5) is 28.9. The molecule has 0 radical (unpaired) electrons. The summed E-state index contributed by atoms with van der Waals surface area (Å²) in [5.41, 5.74) is 1.71. The Morgan fingerprint density at radius 1 is 0.909 bits per heavy atom. The van der Waals surface area contributed by atoms with Crippen LogP contribution in [0.1, 0.15) is 26.7 Å². The second-order valence-corrected chi connectivity index (χ2v) is 11.3. The highest BCUT2D eigenvalue weighted by Crippen LogP contribution is 2.25. The third kappa shape index (κ3) is 5.52. The van der Waals surface area contributed by atoms with Crippen LogP contribution in [0.25, 0.3) is 11.1 Å². The van der Waals surface area contributed by atoms with E-state index in [1.54, 1.807) is 36.7 Å². The van der Waals surface area contributed by atoms with Crippen molar-refractivity contribution in [3.63, 3.8) is 0 Å². The molecule has 4 rings (SSSR count). The molecule has 1 amide bonds. The van der Waals surface area contributed by atoms with Gasteiger partial charge in [0.2, 0.25) is 11.9 Å². The van der Waals surface area contributed by atoms with E-state index in [1.165, 1.54) is 6.26 Å². The van der Waals surface area contributed by atoms with Gasteiger partial charge in [0.1, 0.15) is 0 Å². The first kappa shape index (κ1) is 23.6. The van der Waals surface area contributed by atoms with Gasteiger partial charge in [0.25, 0.3) is 0 Å². The van der Waals surface area contributed by atoms with Gasteiger partial charge >= 0.3 is 0 Å². The average molecular weight is 472 g/mol. The molecule has 8 nitrogen and oxygen atoms in total. The summed E-state index contributed by atoms with van der Waals surface area (Å²) >= 11 is 0. The number of hydrogen-bond acceptors (Lipinski definition) is 7. The molecule has 0 atom stereocenters. The van der Waals surface area contributed by atoms with Crippen LogP contribution in [0.15, 0.2) is 41.6 Å². The molecule has 2 saturated heterocycles. The first-order chi connectivity index (χ1) is 15.7. The van der Waals surface area contributed by atoms with Crippen molar-refractivity contribution in [1.82, 2.24) is 19.8 Å². The molecule has 1 aromatic heterocycles. The van der Waals surface area contributed by atoms with Crippen molar-refractivity contribution in [2.45, 2.75) is 37.6 Å². The molecule has 0 aliphatic carbocycles. The molecule has 0 saturated carbocycles. The van der Waals surface area contributed by atoms with Gasteiger partial charge in [-0.3, -0.25) is 9.69 Å². The van der Waals surface area contributed by atoms with E-state index in [4.69, 9.17) is 0 Å². The summed E-state index contributed by atoms with van der Waals surface area (Å²) in [6, 6.07) is 7.27. The molecule has 0 spiro atoms. The second kappa shape index (κ2) is 9.77. The van der Waals surface area contributed by atoms with Gasteiger partial charge in [-0.05, 0) is 44.4 Å². The zero-order valence-corrected chi connectivity index (χ0v) is 20.5. The van der Waals surface area contributed by atoms with Crippen LogP contribution in [-0.2, 0) is 14.6 Å². The minimum atomic E-state index is -3.21. The SMILES string of the molecule is CC(C)N1CCN(C(=O)C2CCN(c3ncc(-c4ccc(S(C)(=O)=O)cc4)cn3)CC2)CC1. The van der Waals surface area contributed by atoms with Crippen molar-refractivity contribution < 1.29 is 13.2 Å². The van der Waals surface area contributed by atoms with Gasteiger partial charge in [0, 0.05) is 75.4 Å². The fourth-order valence-electron chi connectivity index (χ4n) is 4.57. The largest absolute Gasteiger partial charge is 0.341 e. The molecule has 1 aromatic carbocycles. The smallest absolute Gasteiger partial charge is 0.225 e. The Bertz CT molecular complexity index is 1050. The molecule has 0 bridgehead atoms. The van der Waals surface area contributed by atoms with Crippen LogP contribution in [0.5, 0.6) is 0 Å². The molecule has 178 valence electrons. The topological polar surface area (TPSA) is 86.7 Å². The van der Waals surface area contributed by atoms with E-state index in [0.717, 1.165) is 63.2 Å². The van der Waals surface area contributed by atoms with E-state index < -0.39 is 9.84 Å². The van der Waals surface area contributed by atoms with Gasteiger partial charge in [-0.1, -0.05) is 12.1 Å². The first-order valence-electron chi connectivity index (χ1n) is 11.6. The predicted molar refractivity (Wildman–Crippen MR) is 129 cm³/mol. The molecule has 2 aliphatic heterocycles. The third-order valence-corrected chi connectivity index (χ3v) is 7.87. The highest BCUT2D eigenvalue weighted by atomic mass is 32.2. The average Bonchev–Trinajstić information content (AvgIpc) is 2.83. The van der Waals surface area contributed by atoms with Gasteiger partial charge in [-0.25, -0.2) is 18.4 Å². The van der Waals surface area contributed by atoms with Crippen LogP contribution in [0.3, 0.4) is 0 Å². The lowest BCUT2D eigenvalue weighted by Crippen LogP contribution is -2.53. The maximum absolute atomic E-state index is 13.0. The highest BCUT2D eigenvalue weighted by Gasteiger charge is 2.31. The number of benzene rings is 1. The molecule has 33 heavy (non-hydrogen) atoms. The molecule has 2 fully saturated rings. The summed E-state index contributed by atoms with van der Waals surface area (Å²) in [5, 5.41) is 0. The van der Waals surface area contributed by atoms with Gasteiger partial charge in [0.15, 0.2) is 9.84 Å². The van der Waals surface area contributed by atoms with Crippen molar-refractivity contribution in [3.05, 3.63) is 36.7 Å². The van der Waals surface area contributed by atoms with Crippen molar-refractivity contribution in [3.8, 4) is 11.1 Å². The number of amides is 1. The quantitative estimate of drug-likeness (QED) is 0.661. The second-order valence-electron chi connectivity index (χ2n) is 9.28. The number of carbonyl (C=O) groups excluding carboxylic acids is 1.